The summed E-state index contributed by atoms with van der Waals surface area (Å²) in [5, 5.41) is 1.06. The van der Waals surface area contributed by atoms with E-state index < -0.39 is 0 Å². The molecule has 4 rings (SSSR count). The number of piperidine rings is 1. The zero-order valence-electron chi connectivity index (χ0n) is 15.6. The highest BCUT2D eigenvalue weighted by Crippen LogP contribution is 2.23. The number of pyridine rings is 1. The SMILES string of the molecule is CN1CCCC(CCn2ccnc2-c2cc3ccccc3n(C)c2=O)C1. The summed E-state index contributed by atoms with van der Waals surface area (Å²) in [7, 11) is 4.03. The number of imidazole rings is 1. The molecule has 5 nitrogen and oxygen atoms in total. The first-order valence-corrected chi connectivity index (χ1v) is 9.42. The van der Waals surface area contributed by atoms with Gasteiger partial charge in [-0.25, -0.2) is 4.98 Å². The van der Waals surface area contributed by atoms with Crippen molar-refractivity contribution in [1.29, 1.82) is 0 Å². The molecule has 2 aromatic heterocycles. The molecule has 0 N–H and O–H groups in total. The van der Waals surface area contributed by atoms with Crippen molar-refractivity contribution in [2.75, 3.05) is 20.1 Å². The number of rotatable bonds is 4. The van der Waals surface area contributed by atoms with Crippen molar-refractivity contribution in [1.82, 2.24) is 19.0 Å². The fourth-order valence-corrected chi connectivity index (χ4v) is 4.15. The van der Waals surface area contributed by atoms with Crippen LogP contribution in [0.3, 0.4) is 0 Å². The van der Waals surface area contributed by atoms with E-state index in [1.807, 2.05) is 43.6 Å². The van der Waals surface area contributed by atoms with Crippen LogP contribution in [-0.4, -0.2) is 39.2 Å². The van der Waals surface area contributed by atoms with Crippen LogP contribution in [0.5, 0.6) is 0 Å². The Balaban J connectivity index is 1.63. The van der Waals surface area contributed by atoms with E-state index >= 15 is 0 Å². The first kappa shape index (κ1) is 17.0. The van der Waals surface area contributed by atoms with E-state index in [0.717, 1.165) is 35.6 Å². The van der Waals surface area contributed by atoms with Gasteiger partial charge in [0.15, 0.2) is 0 Å². The summed E-state index contributed by atoms with van der Waals surface area (Å²) in [6, 6.07) is 9.97. The Labute approximate surface area is 153 Å². The molecule has 3 heterocycles. The van der Waals surface area contributed by atoms with Gasteiger partial charge in [0.2, 0.25) is 0 Å². The summed E-state index contributed by atoms with van der Waals surface area (Å²) in [4.78, 5) is 19.8. The van der Waals surface area contributed by atoms with Crippen molar-refractivity contribution in [2.45, 2.75) is 25.8 Å². The molecule has 0 amide bonds. The van der Waals surface area contributed by atoms with Gasteiger partial charge in [-0.1, -0.05) is 18.2 Å². The van der Waals surface area contributed by atoms with Gasteiger partial charge in [0.25, 0.3) is 5.56 Å². The number of aryl methyl sites for hydroxylation is 2. The Morgan fingerprint density at radius 1 is 1.23 bits per heavy atom. The third-order valence-electron chi connectivity index (χ3n) is 5.59. The first-order chi connectivity index (χ1) is 12.6. The van der Waals surface area contributed by atoms with Crippen molar-refractivity contribution < 1.29 is 0 Å². The lowest BCUT2D eigenvalue weighted by Gasteiger charge is -2.29. The van der Waals surface area contributed by atoms with Crippen LogP contribution in [-0.2, 0) is 13.6 Å². The lowest BCUT2D eigenvalue weighted by Crippen LogP contribution is -2.32. The molecule has 1 atom stereocenters. The van der Waals surface area contributed by atoms with Crippen LogP contribution in [0.15, 0.2) is 47.5 Å². The molecule has 1 aliphatic rings. The third-order valence-corrected chi connectivity index (χ3v) is 5.59. The molecule has 1 unspecified atom stereocenters. The molecule has 0 spiro atoms. The van der Waals surface area contributed by atoms with Gasteiger partial charge in [0.1, 0.15) is 5.82 Å². The fraction of sp³-hybridized carbons (Fsp3) is 0.429. The van der Waals surface area contributed by atoms with E-state index in [0.29, 0.717) is 5.56 Å². The Bertz CT molecular complexity index is 972. The number of hydrogen-bond donors (Lipinski definition) is 0. The fourth-order valence-electron chi connectivity index (χ4n) is 4.15. The molecule has 0 bridgehead atoms. The second-order valence-corrected chi connectivity index (χ2v) is 7.48. The van der Waals surface area contributed by atoms with E-state index in [2.05, 4.69) is 21.5 Å². The van der Waals surface area contributed by atoms with Crippen LogP contribution in [0.2, 0.25) is 0 Å². The molecule has 3 aromatic rings. The first-order valence-electron chi connectivity index (χ1n) is 9.42. The lowest BCUT2D eigenvalue weighted by molar-refractivity contribution is 0.197. The number of benzene rings is 1. The normalized spacial score (nSPS) is 18.5. The predicted molar refractivity (Wildman–Crippen MR) is 105 cm³/mol. The topological polar surface area (TPSA) is 43.1 Å². The lowest BCUT2D eigenvalue weighted by atomic mass is 9.95. The van der Waals surface area contributed by atoms with Gasteiger partial charge < -0.3 is 14.0 Å². The van der Waals surface area contributed by atoms with Crippen LogP contribution < -0.4 is 5.56 Å². The Morgan fingerprint density at radius 3 is 2.92 bits per heavy atom. The monoisotopic (exact) mass is 350 g/mol. The Hall–Kier alpha value is -2.40. The van der Waals surface area contributed by atoms with Gasteiger partial charge in [-0.15, -0.1) is 0 Å². The van der Waals surface area contributed by atoms with E-state index in [4.69, 9.17) is 0 Å². The van der Waals surface area contributed by atoms with Crippen LogP contribution in [0.1, 0.15) is 19.3 Å². The van der Waals surface area contributed by atoms with Gasteiger partial charge in [-0.05, 0) is 56.3 Å². The highest BCUT2D eigenvalue weighted by Gasteiger charge is 2.18. The molecular formula is C21H26N4O. The van der Waals surface area contributed by atoms with Crippen LogP contribution in [0, 0.1) is 5.92 Å². The minimum absolute atomic E-state index is 0.00792. The highest BCUT2D eigenvalue weighted by atomic mass is 16.1. The van der Waals surface area contributed by atoms with Gasteiger partial charge in [0, 0.05) is 32.5 Å². The number of hydrogen-bond acceptors (Lipinski definition) is 3. The standard InChI is InChI=1S/C21H26N4O/c1-23-11-5-6-16(15-23)9-12-25-13-10-22-20(25)18-14-17-7-3-4-8-19(17)24(2)21(18)26/h3-4,7-8,10,13-14,16H,5-6,9,11-12,15H2,1-2H3. The number of nitrogens with zero attached hydrogens (tertiary/aromatic N) is 4. The largest absolute Gasteiger partial charge is 0.331 e. The third kappa shape index (κ3) is 3.19. The molecule has 5 heteroatoms. The summed E-state index contributed by atoms with van der Waals surface area (Å²) in [5.41, 5.74) is 1.63. The number of fused-ring (bicyclic) bond motifs is 1. The molecule has 1 saturated heterocycles. The molecule has 136 valence electrons. The molecular weight excluding hydrogens is 324 g/mol. The maximum Gasteiger partial charge on any atom is 0.261 e. The second kappa shape index (κ2) is 7.08. The Morgan fingerprint density at radius 2 is 2.08 bits per heavy atom. The molecule has 1 fully saturated rings. The average Bonchev–Trinajstić information content (AvgIpc) is 3.11. The summed E-state index contributed by atoms with van der Waals surface area (Å²) in [5.74, 6) is 1.50. The maximum atomic E-state index is 12.9. The van der Waals surface area contributed by atoms with Crippen molar-refractivity contribution in [3.05, 3.63) is 53.1 Å². The predicted octanol–water partition coefficient (Wildman–Crippen LogP) is 3.13. The zero-order chi connectivity index (χ0) is 18.1. The van der Waals surface area contributed by atoms with E-state index in [9.17, 15) is 4.79 Å². The van der Waals surface area contributed by atoms with Crippen molar-refractivity contribution >= 4 is 10.9 Å². The second-order valence-electron chi connectivity index (χ2n) is 7.48. The van der Waals surface area contributed by atoms with Crippen LogP contribution in [0.25, 0.3) is 22.3 Å². The van der Waals surface area contributed by atoms with Crippen LogP contribution >= 0.6 is 0 Å². The minimum atomic E-state index is 0.00792. The van der Waals surface area contributed by atoms with Gasteiger partial charge >= 0.3 is 0 Å². The average molecular weight is 350 g/mol. The summed E-state index contributed by atoms with van der Waals surface area (Å²) < 4.78 is 3.86. The Kier molecular flexibility index (Phi) is 4.64. The van der Waals surface area contributed by atoms with Crippen molar-refractivity contribution in [2.24, 2.45) is 13.0 Å². The molecule has 1 aliphatic heterocycles. The number of likely N-dealkylation sites (tertiary alicyclic amines) is 1. The summed E-state index contributed by atoms with van der Waals surface area (Å²) >= 11 is 0. The molecule has 1 aromatic carbocycles. The molecule has 26 heavy (non-hydrogen) atoms. The van der Waals surface area contributed by atoms with Crippen molar-refractivity contribution in [3.8, 4) is 11.4 Å². The highest BCUT2D eigenvalue weighted by molar-refractivity contribution is 5.83. The number of aromatic nitrogens is 3. The van der Waals surface area contributed by atoms with E-state index in [1.165, 1.54) is 25.9 Å². The molecule has 0 saturated carbocycles. The summed E-state index contributed by atoms with van der Waals surface area (Å²) in [6.07, 6.45) is 7.50. The van der Waals surface area contributed by atoms with E-state index in [-0.39, 0.29) is 5.56 Å². The van der Waals surface area contributed by atoms with Crippen molar-refractivity contribution in [3.63, 3.8) is 0 Å². The zero-order valence-corrected chi connectivity index (χ0v) is 15.6. The summed E-state index contributed by atoms with van der Waals surface area (Å²) in [6.45, 7) is 3.28. The van der Waals surface area contributed by atoms with Crippen LogP contribution in [0.4, 0.5) is 0 Å². The smallest absolute Gasteiger partial charge is 0.261 e. The molecule has 0 radical (unpaired) electrons. The maximum absolute atomic E-state index is 12.9. The molecule has 0 aliphatic carbocycles. The number of para-hydroxylation sites is 1. The minimum Gasteiger partial charge on any atom is -0.331 e. The quantitative estimate of drug-likeness (QED) is 0.726. The van der Waals surface area contributed by atoms with Gasteiger partial charge in [-0.3, -0.25) is 4.79 Å². The van der Waals surface area contributed by atoms with Gasteiger partial charge in [-0.2, -0.15) is 0 Å². The van der Waals surface area contributed by atoms with Gasteiger partial charge in [0.05, 0.1) is 11.1 Å². The van der Waals surface area contributed by atoms with E-state index in [1.54, 1.807) is 10.8 Å².